The minimum atomic E-state index is 0.0276. The topological polar surface area (TPSA) is 62.1 Å². The second-order valence-electron chi connectivity index (χ2n) is 6.27. The van der Waals surface area contributed by atoms with Gasteiger partial charge in [0.05, 0.1) is 11.6 Å². The molecule has 0 aliphatic heterocycles. The van der Waals surface area contributed by atoms with Crippen LogP contribution in [0.15, 0.2) is 48.5 Å². The van der Waals surface area contributed by atoms with Gasteiger partial charge in [-0.15, -0.1) is 0 Å². The maximum Gasteiger partial charge on any atom is 0.224 e. The van der Waals surface area contributed by atoms with E-state index < -0.39 is 0 Å². The Balaban J connectivity index is 1.92. The highest BCUT2D eigenvalue weighted by Crippen LogP contribution is 2.20. The number of nitrogens with one attached hydrogen (secondary N) is 1. The van der Waals surface area contributed by atoms with Crippen LogP contribution in [0, 0.1) is 17.2 Å². The van der Waals surface area contributed by atoms with Crippen LogP contribution in [0.1, 0.15) is 44.2 Å². The number of anilines is 1. The van der Waals surface area contributed by atoms with Gasteiger partial charge in [0, 0.05) is 18.2 Å². The molecule has 2 aromatic rings. The number of ether oxygens (including phenoxy) is 1. The fourth-order valence-electron chi connectivity index (χ4n) is 2.68. The van der Waals surface area contributed by atoms with Gasteiger partial charge in [-0.2, -0.15) is 5.26 Å². The highest BCUT2D eigenvalue weighted by Gasteiger charge is 2.09. The van der Waals surface area contributed by atoms with Crippen molar-refractivity contribution < 1.29 is 9.53 Å². The quantitative estimate of drug-likeness (QED) is 0.745. The Labute approximate surface area is 149 Å². The molecule has 1 amide bonds. The molecule has 0 bridgehead atoms. The monoisotopic (exact) mass is 336 g/mol. The number of amides is 1. The molecule has 0 aliphatic rings. The first kappa shape index (κ1) is 18.5. The predicted octanol–water partition coefficient (Wildman–Crippen LogP) is 4.90. The van der Waals surface area contributed by atoms with Crippen molar-refractivity contribution in [1.29, 1.82) is 5.26 Å². The summed E-state index contributed by atoms with van der Waals surface area (Å²) in [5.41, 5.74) is 2.28. The number of carbonyl (C=O) groups is 1. The summed E-state index contributed by atoms with van der Waals surface area (Å²) in [6.07, 6.45) is 2.67. The third kappa shape index (κ3) is 6.31. The molecule has 4 nitrogen and oxygen atoms in total. The normalized spacial score (nSPS) is 11.4. The molecule has 0 aliphatic carbocycles. The van der Waals surface area contributed by atoms with Gasteiger partial charge in [-0.3, -0.25) is 4.79 Å². The summed E-state index contributed by atoms with van der Waals surface area (Å²) in [5.74, 6) is 1.10. The molecule has 1 N–H and O–H groups in total. The summed E-state index contributed by atoms with van der Waals surface area (Å²) >= 11 is 0. The fourth-order valence-corrected chi connectivity index (χ4v) is 2.68. The lowest BCUT2D eigenvalue weighted by Gasteiger charge is -2.12. The Hall–Kier alpha value is -2.80. The highest BCUT2D eigenvalue weighted by atomic mass is 16.5. The van der Waals surface area contributed by atoms with E-state index in [4.69, 9.17) is 10.00 Å². The van der Waals surface area contributed by atoms with Crippen molar-refractivity contribution in [2.75, 3.05) is 5.32 Å². The Morgan fingerprint density at radius 2 is 2.04 bits per heavy atom. The van der Waals surface area contributed by atoms with Crippen LogP contribution in [-0.4, -0.2) is 5.91 Å². The van der Waals surface area contributed by atoms with Crippen molar-refractivity contribution in [3.63, 3.8) is 0 Å². The van der Waals surface area contributed by atoms with E-state index in [2.05, 4.69) is 25.2 Å². The number of carbonyl (C=O) groups excluding carboxylic acids is 1. The molecule has 25 heavy (non-hydrogen) atoms. The molecule has 1 unspecified atom stereocenters. The zero-order valence-corrected chi connectivity index (χ0v) is 14.8. The van der Waals surface area contributed by atoms with Gasteiger partial charge >= 0.3 is 0 Å². The molecule has 0 fully saturated rings. The molecule has 0 saturated heterocycles. The van der Waals surface area contributed by atoms with Crippen molar-refractivity contribution in [2.45, 2.75) is 39.7 Å². The van der Waals surface area contributed by atoms with Gasteiger partial charge in [-0.05, 0) is 35.7 Å². The van der Waals surface area contributed by atoms with E-state index in [0.717, 1.165) is 24.1 Å². The van der Waals surface area contributed by atoms with E-state index in [9.17, 15) is 4.79 Å². The van der Waals surface area contributed by atoms with Crippen LogP contribution in [0.25, 0.3) is 0 Å². The Bertz CT molecular complexity index is 750. The molecule has 4 heteroatoms. The van der Waals surface area contributed by atoms with Crippen LogP contribution in [-0.2, 0) is 11.4 Å². The first-order valence-electron chi connectivity index (χ1n) is 8.62. The van der Waals surface area contributed by atoms with E-state index in [1.165, 1.54) is 0 Å². The summed E-state index contributed by atoms with van der Waals surface area (Å²) in [7, 11) is 0. The number of hydrogen-bond acceptors (Lipinski definition) is 3. The van der Waals surface area contributed by atoms with E-state index in [1.54, 1.807) is 12.1 Å². The number of nitrogens with zero attached hydrogens (tertiary/aromatic N) is 1. The molecule has 2 aromatic carbocycles. The molecule has 0 heterocycles. The predicted molar refractivity (Wildman–Crippen MR) is 99.2 cm³/mol. The molecule has 0 spiro atoms. The van der Waals surface area contributed by atoms with Crippen LogP contribution >= 0.6 is 0 Å². The first-order valence-corrected chi connectivity index (χ1v) is 8.62. The van der Waals surface area contributed by atoms with Crippen LogP contribution in [0.5, 0.6) is 5.75 Å². The molecular formula is C21H24N2O2. The molecule has 130 valence electrons. The number of rotatable bonds is 8. The summed E-state index contributed by atoms with van der Waals surface area (Å²) in [6, 6.07) is 16.8. The maximum absolute atomic E-state index is 12.1. The molecule has 1 atom stereocenters. The van der Waals surface area contributed by atoms with Crippen LogP contribution in [0.4, 0.5) is 5.69 Å². The molecule has 0 radical (unpaired) electrons. The SMILES string of the molecule is CCCC(C)CC(=O)Nc1cccc(OCc2cccc(C#N)c2)c1. The minimum Gasteiger partial charge on any atom is -0.489 e. The van der Waals surface area contributed by atoms with Crippen LogP contribution < -0.4 is 10.1 Å². The standard InChI is InChI=1S/C21H24N2O2/c1-3-6-16(2)11-21(24)23-19-9-5-10-20(13-19)25-15-18-8-4-7-17(12-18)14-22/h4-5,7-10,12-13,16H,3,6,11,15H2,1-2H3,(H,23,24). The third-order valence-corrected chi connectivity index (χ3v) is 3.89. The van der Waals surface area contributed by atoms with Crippen LogP contribution in [0.3, 0.4) is 0 Å². The first-order chi connectivity index (χ1) is 12.1. The average Bonchev–Trinajstić information content (AvgIpc) is 2.60. The minimum absolute atomic E-state index is 0.0276. The zero-order valence-electron chi connectivity index (χ0n) is 14.8. The molecule has 2 rings (SSSR count). The second kappa shape index (κ2) is 9.48. The number of benzene rings is 2. The van der Waals surface area contributed by atoms with Gasteiger partial charge in [-0.25, -0.2) is 0 Å². The lowest BCUT2D eigenvalue weighted by molar-refractivity contribution is -0.117. The van der Waals surface area contributed by atoms with Gasteiger partial charge in [-0.1, -0.05) is 44.9 Å². The van der Waals surface area contributed by atoms with Crippen molar-refractivity contribution >= 4 is 11.6 Å². The molecular weight excluding hydrogens is 312 g/mol. The maximum atomic E-state index is 12.1. The largest absolute Gasteiger partial charge is 0.489 e. The van der Waals surface area contributed by atoms with Gasteiger partial charge in [0.15, 0.2) is 0 Å². The van der Waals surface area contributed by atoms with Gasteiger partial charge < -0.3 is 10.1 Å². The van der Waals surface area contributed by atoms with E-state index in [1.807, 2.05) is 36.4 Å². The summed E-state index contributed by atoms with van der Waals surface area (Å²) in [5, 5.41) is 11.9. The van der Waals surface area contributed by atoms with E-state index >= 15 is 0 Å². The second-order valence-corrected chi connectivity index (χ2v) is 6.27. The summed E-state index contributed by atoms with van der Waals surface area (Å²) in [4.78, 5) is 12.1. The van der Waals surface area contributed by atoms with E-state index in [-0.39, 0.29) is 5.91 Å². The van der Waals surface area contributed by atoms with Crippen molar-refractivity contribution in [3.05, 3.63) is 59.7 Å². The Morgan fingerprint density at radius 3 is 2.80 bits per heavy atom. The lowest BCUT2D eigenvalue weighted by Crippen LogP contribution is -2.15. The average molecular weight is 336 g/mol. The smallest absolute Gasteiger partial charge is 0.224 e. The summed E-state index contributed by atoms with van der Waals surface area (Å²) < 4.78 is 5.77. The van der Waals surface area contributed by atoms with E-state index in [0.29, 0.717) is 30.3 Å². The zero-order chi connectivity index (χ0) is 18.1. The summed E-state index contributed by atoms with van der Waals surface area (Å²) in [6.45, 7) is 4.60. The van der Waals surface area contributed by atoms with Gasteiger partial charge in [0.2, 0.25) is 5.91 Å². The molecule has 0 saturated carbocycles. The lowest BCUT2D eigenvalue weighted by atomic mass is 10.0. The third-order valence-electron chi connectivity index (χ3n) is 3.89. The number of hydrogen-bond donors (Lipinski definition) is 1. The highest BCUT2D eigenvalue weighted by molar-refractivity contribution is 5.91. The Kier molecular flexibility index (Phi) is 7.03. The number of nitriles is 1. The van der Waals surface area contributed by atoms with Gasteiger partial charge in [0.25, 0.3) is 0 Å². The fraction of sp³-hybridized carbons (Fsp3) is 0.333. The van der Waals surface area contributed by atoms with Crippen LogP contribution in [0.2, 0.25) is 0 Å². The van der Waals surface area contributed by atoms with Crippen molar-refractivity contribution in [3.8, 4) is 11.8 Å². The van der Waals surface area contributed by atoms with Crippen molar-refractivity contribution in [2.24, 2.45) is 5.92 Å². The molecule has 0 aromatic heterocycles. The van der Waals surface area contributed by atoms with Gasteiger partial charge in [0.1, 0.15) is 12.4 Å². The van der Waals surface area contributed by atoms with Crippen molar-refractivity contribution in [1.82, 2.24) is 0 Å². The Morgan fingerprint density at radius 1 is 1.24 bits per heavy atom.